The molecule has 3 nitrogen and oxygen atoms in total. The van der Waals surface area contributed by atoms with Crippen LogP contribution in [0.25, 0.3) is 6.08 Å². The number of aromatic nitrogens is 2. The minimum atomic E-state index is 0.645. The van der Waals surface area contributed by atoms with Crippen molar-refractivity contribution in [3.8, 4) is 0 Å². The fraction of sp³-hybridized carbons (Fsp3) is 0.583. The SMILES string of the molecule is C/C=C\c1nc(CCN)[nH]c1CC.CC. The molecular weight excluding hydrogens is 186 g/mol. The fourth-order valence-electron chi connectivity index (χ4n) is 1.30. The lowest BCUT2D eigenvalue weighted by Crippen LogP contribution is -2.03. The van der Waals surface area contributed by atoms with E-state index in [4.69, 9.17) is 5.73 Å². The second-order valence-corrected chi connectivity index (χ2v) is 2.94. The number of aryl methyl sites for hydroxylation is 1. The van der Waals surface area contributed by atoms with Gasteiger partial charge in [0.25, 0.3) is 0 Å². The largest absolute Gasteiger partial charge is 0.345 e. The predicted molar refractivity (Wildman–Crippen MR) is 66.8 cm³/mol. The molecule has 0 amide bonds. The number of rotatable bonds is 4. The van der Waals surface area contributed by atoms with Crippen molar-refractivity contribution in [3.63, 3.8) is 0 Å². The highest BCUT2D eigenvalue weighted by Gasteiger charge is 2.04. The topological polar surface area (TPSA) is 54.7 Å². The number of H-pyrrole nitrogens is 1. The molecule has 0 saturated carbocycles. The van der Waals surface area contributed by atoms with Gasteiger partial charge >= 0.3 is 0 Å². The highest BCUT2D eigenvalue weighted by Crippen LogP contribution is 2.09. The summed E-state index contributed by atoms with van der Waals surface area (Å²) in [5.74, 6) is 0.993. The highest BCUT2D eigenvalue weighted by atomic mass is 14.9. The molecule has 86 valence electrons. The van der Waals surface area contributed by atoms with E-state index in [1.807, 2.05) is 32.9 Å². The van der Waals surface area contributed by atoms with Crippen LogP contribution in [0.2, 0.25) is 0 Å². The summed E-state index contributed by atoms with van der Waals surface area (Å²) in [6.07, 6.45) is 5.83. The summed E-state index contributed by atoms with van der Waals surface area (Å²) in [7, 11) is 0. The molecule has 1 rings (SSSR count). The smallest absolute Gasteiger partial charge is 0.108 e. The summed E-state index contributed by atoms with van der Waals surface area (Å²) in [6, 6.07) is 0. The van der Waals surface area contributed by atoms with Gasteiger partial charge in [-0.15, -0.1) is 0 Å². The number of allylic oxidation sites excluding steroid dienone is 1. The van der Waals surface area contributed by atoms with Gasteiger partial charge in [-0.05, 0) is 26.0 Å². The third-order valence-electron chi connectivity index (χ3n) is 1.92. The maximum atomic E-state index is 5.46. The lowest BCUT2D eigenvalue weighted by molar-refractivity contribution is 0.885. The van der Waals surface area contributed by atoms with Gasteiger partial charge in [0.05, 0.1) is 5.69 Å². The summed E-state index contributed by atoms with van der Waals surface area (Å²) in [6.45, 7) is 8.76. The first kappa shape index (κ1) is 13.9. The molecule has 0 bridgehead atoms. The maximum Gasteiger partial charge on any atom is 0.108 e. The Labute approximate surface area is 92.8 Å². The third-order valence-corrected chi connectivity index (χ3v) is 1.92. The maximum absolute atomic E-state index is 5.46. The number of aromatic amines is 1. The van der Waals surface area contributed by atoms with E-state index in [2.05, 4.69) is 16.9 Å². The van der Waals surface area contributed by atoms with Crippen LogP contribution in [-0.4, -0.2) is 16.5 Å². The second kappa shape index (κ2) is 8.24. The van der Waals surface area contributed by atoms with Crippen molar-refractivity contribution in [1.82, 2.24) is 9.97 Å². The molecule has 0 saturated heterocycles. The van der Waals surface area contributed by atoms with Crippen LogP contribution < -0.4 is 5.73 Å². The molecule has 1 heterocycles. The summed E-state index contributed by atoms with van der Waals surface area (Å²) in [4.78, 5) is 7.71. The molecule has 0 aliphatic heterocycles. The quantitative estimate of drug-likeness (QED) is 0.800. The Hall–Kier alpha value is -1.09. The molecule has 1 aromatic rings. The third kappa shape index (κ3) is 4.30. The first-order chi connectivity index (χ1) is 7.31. The average molecular weight is 209 g/mol. The number of imidazole rings is 1. The van der Waals surface area contributed by atoms with Crippen molar-refractivity contribution in [2.24, 2.45) is 5.73 Å². The van der Waals surface area contributed by atoms with Crippen LogP contribution in [0.5, 0.6) is 0 Å². The Morgan fingerprint density at radius 3 is 2.53 bits per heavy atom. The summed E-state index contributed by atoms with van der Waals surface area (Å²) < 4.78 is 0. The predicted octanol–water partition coefficient (Wildman–Crippen LogP) is 2.53. The number of nitrogens with zero attached hydrogens (tertiary/aromatic N) is 1. The zero-order chi connectivity index (χ0) is 11.7. The van der Waals surface area contributed by atoms with Gasteiger partial charge in [-0.25, -0.2) is 4.98 Å². The van der Waals surface area contributed by atoms with Gasteiger partial charge in [0, 0.05) is 12.1 Å². The van der Waals surface area contributed by atoms with E-state index < -0.39 is 0 Å². The van der Waals surface area contributed by atoms with Crippen LogP contribution in [0.1, 0.15) is 44.9 Å². The Morgan fingerprint density at radius 2 is 2.07 bits per heavy atom. The number of hydrogen-bond donors (Lipinski definition) is 2. The standard InChI is InChI=1S/C10H17N3.C2H6/c1-3-5-9-8(4-2)12-10(13-9)6-7-11;1-2/h3,5H,4,6-7,11H2,1-2H3,(H,12,13);1-2H3/b5-3-;. The Balaban J connectivity index is 0.000000921. The molecule has 0 spiro atoms. The van der Waals surface area contributed by atoms with E-state index >= 15 is 0 Å². The van der Waals surface area contributed by atoms with Gasteiger partial charge in [0.1, 0.15) is 5.82 Å². The monoisotopic (exact) mass is 209 g/mol. The summed E-state index contributed by atoms with van der Waals surface area (Å²) in [5.41, 5.74) is 7.70. The number of nitrogens with two attached hydrogens (primary N) is 1. The van der Waals surface area contributed by atoms with Gasteiger partial charge in [0.2, 0.25) is 0 Å². The van der Waals surface area contributed by atoms with Gasteiger partial charge in [-0.1, -0.05) is 26.8 Å². The van der Waals surface area contributed by atoms with E-state index in [0.29, 0.717) is 6.54 Å². The Kier molecular flexibility index (Phi) is 7.64. The van der Waals surface area contributed by atoms with Gasteiger partial charge < -0.3 is 10.7 Å². The van der Waals surface area contributed by atoms with Crippen LogP contribution in [0.4, 0.5) is 0 Å². The van der Waals surface area contributed by atoms with Crippen molar-refractivity contribution in [2.45, 2.75) is 40.5 Å². The molecular formula is C12H23N3. The van der Waals surface area contributed by atoms with Crippen molar-refractivity contribution in [2.75, 3.05) is 6.54 Å². The molecule has 3 N–H and O–H groups in total. The van der Waals surface area contributed by atoms with Crippen molar-refractivity contribution in [1.29, 1.82) is 0 Å². The van der Waals surface area contributed by atoms with Crippen LogP contribution >= 0.6 is 0 Å². The first-order valence-corrected chi connectivity index (χ1v) is 5.72. The van der Waals surface area contributed by atoms with Crippen LogP contribution in [0, 0.1) is 0 Å². The van der Waals surface area contributed by atoms with E-state index in [1.54, 1.807) is 0 Å². The van der Waals surface area contributed by atoms with Gasteiger partial charge in [-0.3, -0.25) is 0 Å². The molecule has 3 heteroatoms. The first-order valence-electron chi connectivity index (χ1n) is 5.72. The molecule has 0 unspecified atom stereocenters. The lowest BCUT2D eigenvalue weighted by Gasteiger charge is -1.90. The normalized spacial score (nSPS) is 10.2. The number of nitrogens with one attached hydrogen (secondary N) is 1. The molecule has 1 aromatic heterocycles. The van der Waals surface area contributed by atoms with E-state index in [1.165, 1.54) is 5.69 Å². The van der Waals surface area contributed by atoms with Crippen molar-refractivity contribution in [3.05, 3.63) is 23.3 Å². The number of hydrogen-bond acceptors (Lipinski definition) is 2. The zero-order valence-electron chi connectivity index (χ0n) is 10.3. The molecule has 0 aromatic carbocycles. The van der Waals surface area contributed by atoms with Gasteiger partial charge in [-0.2, -0.15) is 0 Å². The Bertz CT molecular complexity index is 287. The van der Waals surface area contributed by atoms with Gasteiger partial charge in [0.15, 0.2) is 0 Å². The van der Waals surface area contributed by atoms with E-state index in [-0.39, 0.29) is 0 Å². The minimum Gasteiger partial charge on any atom is -0.345 e. The van der Waals surface area contributed by atoms with Crippen LogP contribution in [0.3, 0.4) is 0 Å². The molecule has 0 fully saturated rings. The molecule has 0 atom stereocenters. The fourth-order valence-corrected chi connectivity index (χ4v) is 1.30. The summed E-state index contributed by atoms with van der Waals surface area (Å²) >= 11 is 0. The average Bonchev–Trinajstić information content (AvgIpc) is 2.65. The summed E-state index contributed by atoms with van der Waals surface area (Å²) in [5, 5.41) is 0. The minimum absolute atomic E-state index is 0.645. The second-order valence-electron chi connectivity index (χ2n) is 2.94. The van der Waals surface area contributed by atoms with Crippen LogP contribution in [0.15, 0.2) is 6.08 Å². The van der Waals surface area contributed by atoms with E-state index in [0.717, 1.165) is 24.4 Å². The van der Waals surface area contributed by atoms with Crippen molar-refractivity contribution >= 4 is 6.08 Å². The van der Waals surface area contributed by atoms with Crippen LogP contribution in [-0.2, 0) is 12.8 Å². The molecule has 0 aliphatic carbocycles. The molecule has 15 heavy (non-hydrogen) atoms. The van der Waals surface area contributed by atoms with Crippen molar-refractivity contribution < 1.29 is 0 Å². The molecule has 0 radical (unpaired) electrons. The van der Waals surface area contributed by atoms with E-state index in [9.17, 15) is 0 Å². The highest BCUT2D eigenvalue weighted by molar-refractivity contribution is 5.47. The lowest BCUT2D eigenvalue weighted by atomic mass is 10.2. The molecule has 0 aliphatic rings. The zero-order valence-corrected chi connectivity index (χ0v) is 10.3. The Morgan fingerprint density at radius 1 is 1.40 bits per heavy atom.